The maximum Gasteiger partial charge on any atom is 0.412 e. The van der Waals surface area contributed by atoms with Gasteiger partial charge in [-0.1, -0.05) is 12.1 Å². The summed E-state index contributed by atoms with van der Waals surface area (Å²) in [5.74, 6) is 1.13. The van der Waals surface area contributed by atoms with Gasteiger partial charge in [0, 0.05) is 17.0 Å². The molecule has 1 aromatic carbocycles. The Labute approximate surface area is 140 Å². The average Bonchev–Trinajstić information content (AvgIpc) is 2.91. The zero-order valence-electron chi connectivity index (χ0n) is 14.1. The second-order valence-electron chi connectivity index (χ2n) is 6.56. The predicted molar refractivity (Wildman–Crippen MR) is 85.6 cm³/mol. The summed E-state index contributed by atoms with van der Waals surface area (Å²) in [6, 6.07) is 5.53. The number of nitrogens with zero attached hydrogens (tertiary/aromatic N) is 1. The van der Waals surface area contributed by atoms with E-state index in [9.17, 15) is 13.2 Å². The van der Waals surface area contributed by atoms with Crippen LogP contribution in [0.5, 0.6) is 11.5 Å². The Hall–Kier alpha value is -1.69. The van der Waals surface area contributed by atoms with Crippen molar-refractivity contribution in [3.8, 4) is 11.5 Å². The molecule has 0 spiro atoms. The highest BCUT2D eigenvalue weighted by atomic mass is 19.4. The number of likely N-dealkylation sites (tertiary alicyclic amines) is 1. The SMILES string of the molecule is COc1ccc([C@@]23C=C(C(F)(F)F)CCC2N(C)CC3)cc1OC. The number of hydrogen-bond donors (Lipinski definition) is 0. The van der Waals surface area contributed by atoms with E-state index in [1.165, 1.54) is 13.2 Å². The van der Waals surface area contributed by atoms with Crippen molar-refractivity contribution >= 4 is 0 Å². The zero-order valence-corrected chi connectivity index (χ0v) is 14.1. The summed E-state index contributed by atoms with van der Waals surface area (Å²) >= 11 is 0. The van der Waals surface area contributed by atoms with Crippen LogP contribution >= 0.6 is 0 Å². The van der Waals surface area contributed by atoms with Crippen molar-refractivity contribution in [1.29, 1.82) is 0 Å². The quantitative estimate of drug-likeness (QED) is 0.778. The first-order valence-corrected chi connectivity index (χ1v) is 8.03. The monoisotopic (exact) mass is 341 g/mol. The van der Waals surface area contributed by atoms with E-state index in [4.69, 9.17) is 9.47 Å². The van der Waals surface area contributed by atoms with Crippen LogP contribution in [0, 0.1) is 0 Å². The molecule has 2 atom stereocenters. The topological polar surface area (TPSA) is 21.7 Å². The molecule has 0 radical (unpaired) electrons. The van der Waals surface area contributed by atoms with Gasteiger partial charge in [-0.3, -0.25) is 0 Å². The van der Waals surface area contributed by atoms with E-state index in [1.807, 2.05) is 19.2 Å². The molecule has 0 bridgehead atoms. The molecule has 0 N–H and O–H groups in total. The summed E-state index contributed by atoms with van der Waals surface area (Å²) in [4.78, 5) is 2.17. The largest absolute Gasteiger partial charge is 0.493 e. The lowest BCUT2D eigenvalue weighted by molar-refractivity contribution is -0.0965. The second kappa shape index (κ2) is 5.99. The van der Waals surface area contributed by atoms with Crippen molar-refractivity contribution in [3.05, 3.63) is 35.4 Å². The number of likely N-dealkylation sites (N-methyl/N-ethyl adjacent to an activating group) is 1. The van der Waals surface area contributed by atoms with Crippen molar-refractivity contribution in [2.45, 2.75) is 36.9 Å². The van der Waals surface area contributed by atoms with Gasteiger partial charge in [0.25, 0.3) is 0 Å². The molecule has 2 aliphatic rings. The van der Waals surface area contributed by atoms with Crippen molar-refractivity contribution in [2.24, 2.45) is 0 Å². The highest BCUT2D eigenvalue weighted by molar-refractivity contribution is 5.49. The molecule has 132 valence electrons. The first-order chi connectivity index (χ1) is 11.3. The number of halogens is 3. The molecule has 1 aromatic rings. The lowest BCUT2D eigenvalue weighted by Crippen LogP contribution is -2.43. The van der Waals surface area contributed by atoms with Gasteiger partial charge in [0.05, 0.1) is 14.2 Å². The van der Waals surface area contributed by atoms with Crippen molar-refractivity contribution in [2.75, 3.05) is 27.8 Å². The molecular formula is C18H22F3NO2. The number of ether oxygens (including phenoxy) is 2. The fourth-order valence-corrected chi connectivity index (χ4v) is 4.17. The van der Waals surface area contributed by atoms with Gasteiger partial charge in [-0.15, -0.1) is 0 Å². The lowest BCUT2D eigenvalue weighted by atomic mass is 9.68. The van der Waals surface area contributed by atoms with E-state index in [0.717, 1.165) is 12.1 Å². The molecule has 1 aliphatic carbocycles. The molecule has 0 amide bonds. The summed E-state index contributed by atoms with van der Waals surface area (Å²) in [6.45, 7) is 0.778. The van der Waals surface area contributed by atoms with Crippen LogP contribution in [0.4, 0.5) is 13.2 Å². The van der Waals surface area contributed by atoms with Gasteiger partial charge in [0.15, 0.2) is 11.5 Å². The number of benzene rings is 1. The van der Waals surface area contributed by atoms with Crippen LogP contribution in [0.3, 0.4) is 0 Å². The Bertz CT molecular complexity index is 656. The number of alkyl halides is 3. The Morgan fingerprint density at radius 2 is 1.88 bits per heavy atom. The second-order valence-corrected chi connectivity index (χ2v) is 6.56. The maximum absolute atomic E-state index is 13.3. The number of fused-ring (bicyclic) bond motifs is 1. The minimum absolute atomic E-state index is 0.0710. The molecule has 6 heteroatoms. The minimum Gasteiger partial charge on any atom is -0.493 e. The Morgan fingerprint density at radius 3 is 2.50 bits per heavy atom. The summed E-state index contributed by atoms with van der Waals surface area (Å²) in [5.41, 5.74) is -0.183. The molecule has 1 saturated heterocycles. The predicted octanol–water partition coefficient (Wildman–Crippen LogP) is 3.93. The first-order valence-electron chi connectivity index (χ1n) is 8.03. The molecule has 24 heavy (non-hydrogen) atoms. The molecule has 3 nitrogen and oxygen atoms in total. The van der Waals surface area contributed by atoms with Gasteiger partial charge in [0.1, 0.15) is 0 Å². The van der Waals surface area contributed by atoms with E-state index < -0.39 is 17.2 Å². The summed E-state index contributed by atoms with van der Waals surface area (Å²) in [7, 11) is 5.07. The van der Waals surface area contributed by atoms with Crippen LogP contribution in [0.25, 0.3) is 0 Å². The summed E-state index contributed by atoms with van der Waals surface area (Å²) in [6.07, 6.45) is -1.55. The van der Waals surface area contributed by atoms with Gasteiger partial charge >= 0.3 is 6.18 Å². The normalized spacial score (nSPS) is 27.6. The fourth-order valence-electron chi connectivity index (χ4n) is 4.17. The van der Waals surface area contributed by atoms with Crippen LogP contribution in [0.1, 0.15) is 24.8 Å². The zero-order chi connectivity index (χ0) is 17.5. The molecule has 3 rings (SSSR count). The van der Waals surface area contributed by atoms with Crippen LogP contribution in [0.2, 0.25) is 0 Å². The van der Waals surface area contributed by atoms with Gasteiger partial charge in [-0.25, -0.2) is 0 Å². The van der Waals surface area contributed by atoms with Gasteiger partial charge in [-0.2, -0.15) is 13.2 Å². The van der Waals surface area contributed by atoms with E-state index in [2.05, 4.69) is 4.90 Å². The summed E-state index contributed by atoms with van der Waals surface area (Å²) < 4.78 is 50.6. The first kappa shape index (κ1) is 17.1. The summed E-state index contributed by atoms with van der Waals surface area (Å²) in [5, 5.41) is 0. The molecule has 0 saturated carbocycles. The van der Waals surface area contributed by atoms with E-state index in [0.29, 0.717) is 24.3 Å². The lowest BCUT2D eigenvalue weighted by Gasteiger charge is -2.40. The van der Waals surface area contributed by atoms with Crippen LogP contribution in [-0.4, -0.2) is 44.9 Å². The third-order valence-corrected chi connectivity index (χ3v) is 5.41. The number of hydrogen-bond acceptors (Lipinski definition) is 3. The fraction of sp³-hybridized carbons (Fsp3) is 0.556. The molecular weight excluding hydrogens is 319 g/mol. The minimum atomic E-state index is -4.27. The third-order valence-electron chi connectivity index (χ3n) is 5.41. The molecule has 1 heterocycles. The van der Waals surface area contributed by atoms with Crippen molar-refractivity contribution in [3.63, 3.8) is 0 Å². The van der Waals surface area contributed by atoms with Crippen LogP contribution < -0.4 is 9.47 Å². The van der Waals surface area contributed by atoms with E-state index in [-0.39, 0.29) is 12.5 Å². The van der Waals surface area contributed by atoms with Gasteiger partial charge in [-0.05, 0) is 50.6 Å². The number of allylic oxidation sites excluding steroid dienone is 1. The highest BCUT2D eigenvalue weighted by Gasteiger charge is 2.51. The standard InChI is InChI=1S/C18H22F3NO2/c1-22-9-8-17(11-13(18(19,20)21)5-7-16(17)22)12-4-6-14(23-2)15(10-12)24-3/h4,6,10-11,16H,5,7-9H2,1-3H3/t16?,17-/m1/s1. The molecule has 0 aromatic heterocycles. The number of rotatable bonds is 3. The molecule has 1 fully saturated rings. The van der Waals surface area contributed by atoms with Crippen LogP contribution in [-0.2, 0) is 5.41 Å². The number of methoxy groups -OCH3 is 2. The highest BCUT2D eigenvalue weighted by Crippen LogP contribution is 2.50. The van der Waals surface area contributed by atoms with Crippen molar-refractivity contribution < 1.29 is 22.6 Å². The van der Waals surface area contributed by atoms with E-state index in [1.54, 1.807) is 13.2 Å². The molecule has 1 unspecified atom stereocenters. The smallest absolute Gasteiger partial charge is 0.412 e. The van der Waals surface area contributed by atoms with Gasteiger partial charge in [0.2, 0.25) is 0 Å². The third kappa shape index (κ3) is 2.66. The maximum atomic E-state index is 13.3. The Kier molecular flexibility index (Phi) is 4.28. The van der Waals surface area contributed by atoms with Crippen molar-refractivity contribution in [1.82, 2.24) is 4.90 Å². The Morgan fingerprint density at radius 1 is 1.17 bits per heavy atom. The van der Waals surface area contributed by atoms with Gasteiger partial charge < -0.3 is 14.4 Å². The van der Waals surface area contributed by atoms with E-state index >= 15 is 0 Å². The average molecular weight is 341 g/mol. The molecule has 1 aliphatic heterocycles. The van der Waals surface area contributed by atoms with Crippen LogP contribution in [0.15, 0.2) is 29.8 Å². The Balaban J connectivity index is 2.13.